The first-order chi connectivity index (χ1) is 10.7. The summed E-state index contributed by atoms with van der Waals surface area (Å²) in [6.45, 7) is 20.1. The highest BCUT2D eigenvalue weighted by atomic mass is 19.1. The predicted octanol–water partition coefficient (Wildman–Crippen LogP) is 6.01. The van der Waals surface area contributed by atoms with Gasteiger partial charge in [0.15, 0.2) is 0 Å². The van der Waals surface area contributed by atoms with Crippen LogP contribution in [0, 0.1) is 11.7 Å². The van der Waals surface area contributed by atoms with Crippen molar-refractivity contribution in [1.82, 2.24) is 5.32 Å². The maximum Gasteiger partial charge on any atom is 0.124 e. The lowest BCUT2D eigenvalue weighted by Gasteiger charge is -2.17. The second kappa shape index (κ2) is 8.52. The summed E-state index contributed by atoms with van der Waals surface area (Å²) in [5, 5.41) is 3.23. The number of benzene rings is 1. The Morgan fingerprint density at radius 1 is 1.22 bits per heavy atom. The third kappa shape index (κ3) is 6.27. The van der Waals surface area contributed by atoms with Crippen molar-refractivity contribution in [2.24, 2.45) is 5.92 Å². The summed E-state index contributed by atoms with van der Waals surface area (Å²) >= 11 is 0. The molecule has 1 aromatic carbocycles. The van der Waals surface area contributed by atoms with Crippen LogP contribution in [0.4, 0.5) is 4.39 Å². The predicted molar refractivity (Wildman–Crippen MR) is 99.4 cm³/mol. The molecule has 0 radical (unpaired) electrons. The standard InChI is InChI=1S/C21H28FN/c1-8-19-11-20(13-21(22)12-19)16(5)10-17(6)23-18(7)15(4)9-14(2)3/h10-13,15,23H,2,6-9H2,1,3-5H3/b16-10+. The second-order valence-electron chi connectivity index (χ2n) is 6.27. The van der Waals surface area contributed by atoms with E-state index in [9.17, 15) is 4.39 Å². The van der Waals surface area contributed by atoms with E-state index < -0.39 is 0 Å². The Labute approximate surface area is 140 Å². The van der Waals surface area contributed by atoms with Crippen LogP contribution < -0.4 is 5.32 Å². The first-order valence-corrected chi connectivity index (χ1v) is 8.00. The van der Waals surface area contributed by atoms with Crippen molar-refractivity contribution in [1.29, 1.82) is 0 Å². The van der Waals surface area contributed by atoms with Crippen LogP contribution in [-0.4, -0.2) is 0 Å². The van der Waals surface area contributed by atoms with E-state index in [2.05, 4.69) is 32.0 Å². The van der Waals surface area contributed by atoms with Gasteiger partial charge in [-0.2, -0.15) is 0 Å². The Kier molecular flexibility index (Phi) is 7.02. The number of halogens is 1. The molecule has 1 unspecified atom stereocenters. The number of hydrogen-bond acceptors (Lipinski definition) is 1. The molecule has 0 aliphatic carbocycles. The van der Waals surface area contributed by atoms with Crippen LogP contribution in [0.25, 0.3) is 5.57 Å². The molecule has 0 amide bonds. The maximum atomic E-state index is 13.7. The SMILES string of the molecule is C=C(C)CC(C)C(=C)NC(=C)/C=C(\C)c1cc(F)cc(CC)c1. The van der Waals surface area contributed by atoms with Gasteiger partial charge < -0.3 is 5.32 Å². The molecular formula is C21H28FN. The molecule has 1 aromatic rings. The first kappa shape index (κ1) is 19.0. The highest BCUT2D eigenvalue weighted by Crippen LogP contribution is 2.20. The highest BCUT2D eigenvalue weighted by molar-refractivity contribution is 5.66. The summed E-state index contributed by atoms with van der Waals surface area (Å²) in [4.78, 5) is 0. The molecule has 1 rings (SSSR count). The number of nitrogens with one attached hydrogen (secondary N) is 1. The van der Waals surface area contributed by atoms with Gasteiger partial charge in [-0.1, -0.05) is 38.6 Å². The monoisotopic (exact) mass is 313 g/mol. The molecule has 0 spiro atoms. The number of aryl methyl sites for hydroxylation is 1. The van der Waals surface area contributed by atoms with E-state index in [1.807, 2.05) is 32.9 Å². The molecule has 0 aromatic heterocycles. The van der Waals surface area contributed by atoms with E-state index in [1.165, 1.54) is 0 Å². The average Bonchev–Trinajstić information content (AvgIpc) is 2.45. The minimum atomic E-state index is -0.204. The van der Waals surface area contributed by atoms with Crippen LogP contribution >= 0.6 is 0 Å². The summed E-state index contributed by atoms with van der Waals surface area (Å²) in [6.07, 6.45) is 3.63. The van der Waals surface area contributed by atoms with Crippen LogP contribution in [0.2, 0.25) is 0 Å². The zero-order valence-electron chi connectivity index (χ0n) is 14.8. The van der Waals surface area contributed by atoms with Gasteiger partial charge in [0.25, 0.3) is 0 Å². The Hall–Kier alpha value is -2.09. The van der Waals surface area contributed by atoms with Crippen molar-refractivity contribution < 1.29 is 4.39 Å². The molecule has 0 saturated heterocycles. The van der Waals surface area contributed by atoms with E-state index in [-0.39, 0.29) is 5.82 Å². The normalized spacial score (nSPS) is 12.7. The minimum absolute atomic E-state index is 0.204. The van der Waals surface area contributed by atoms with Gasteiger partial charge in [0.05, 0.1) is 0 Å². The fourth-order valence-electron chi connectivity index (χ4n) is 2.44. The van der Waals surface area contributed by atoms with E-state index >= 15 is 0 Å². The van der Waals surface area contributed by atoms with Crippen molar-refractivity contribution in [3.05, 3.63) is 77.9 Å². The van der Waals surface area contributed by atoms with Gasteiger partial charge in [0, 0.05) is 11.4 Å². The first-order valence-electron chi connectivity index (χ1n) is 8.00. The van der Waals surface area contributed by atoms with Gasteiger partial charge in [-0.15, -0.1) is 6.58 Å². The average molecular weight is 313 g/mol. The lowest BCUT2D eigenvalue weighted by atomic mass is 9.99. The topological polar surface area (TPSA) is 12.0 Å². The Bertz CT molecular complexity index is 637. The van der Waals surface area contributed by atoms with Gasteiger partial charge in [-0.3, -0.25) is 0 Å². The lowest BCUT2D eigenvalue weighted by molar-refractivity contribution is 0.625. The van der Waals surface area contributed by atoms with Crippen LogP contribution in [0.5, 0.6) is 0 Å². The lowest BCUT2D eigenvalue weighted by Crippen LogP contribution is -2.16. The summed E-state index contributed by atoms with van der Waals surface area (Å²) in [5.74, 6) is 0.0870. The smallest absolute Gasteiger partial charge is 0.124 e. The maximum absolute atomic E-state index is 13.7. The highest BCUT2D eigenvalue weighted by Gasteiger charge is 2.08. The van der Waals surface area contributed by atoms with Crippen LogP contribution in [0.3, 0.4) is 0 Å². The van der Waals surface area contributed by atoms with Crippen LogP contribution in [-0.2, 0) is 6.42 Å². The van der Waals surface area contributed by atoms with E-state index in [4.69, 9.17) is 0 Å². The van der Waals surface area contributed by atoms with Gasteiger partial charge in [0.2, 0.25) is 0 Å². The van der Waals surface area contributed by atoms with Crippen molar-refractivity contribution in [2.45, 2.75) is 40.5 Å². The van der Waals surface area contributed by atoms with Crippen LogP contribution in [0.15, 0.2) is 61.0 Å². The molecule has 1 atom stereocenters. The van der Waals surface area contributed by atoms with Gasteiger partial charge in [0.1, 0.15) is 5.82 Å². The molecule has 0 saturated carbocycles. The van der Waals surface area contributed by atoms with Crippen molar-refractivity contribution in [3.8, 4) is 0 Å². The number of hydrogen-bond donors (Lipinski definition) is 1. The van der Waals surface area contributed by atoms with E-state index in [0.717, 1.165) is 46.5 Å². The van der Waals surface area contributed by atoms with Gasteiger partial charge in [-0.05, 0) is 67.5 Å². The second-order valence-corrected chi connectivity index (χ2v) is 6.27. The van der Waals surface area contributed by atoms with Gasteiger partial charge in [-0.25, -0.2) is 4.39 Å². The summed E-state index contributed by atoms with van der Waals surface area (Å²) in [7, 11) is 0. The molecule has 1 nitrogen and oxygen atoms in total. The fraction of sp³-hybridized carbons (Fsp3) is 0.333. The van der Waals surface area contributed by atoms with E-state index in [1.54, 1.807) is 12.1 Å². The number of rotatable bonds is 8. The summed E-state index contributed by atoms with van der Waals surface area (Å²) in [6, 6.07) is 5.14. The van der Waals surface area contributed by atoms with Gasteiger partial charge >= 0.3 is 0 Å². The van der Waals surface area contributed by atoms with Crippen molar-refractivity contribution in [3.63, 3.8) is 0 Å². The molecule has 0 fully saturated rings. The molecule has 124 valence electrons. The molecular weight excluding hydrogens is 285 g/mol. The molecule has 0 aliphatic heterocycles. The fourth-order valence-corrected chi connectivity index (χ4v) is 2.44. The molecule has 2 heteroatoms. The Morgan fingerprint density at radius 2 is 1.87 bits per heavy atom. The zero-order chi connectivity index (χ0) is 17.6. The summed E-state index contributed by atoms with van der Waals surface area (Å²) < 4.78 is 13.7. The van der Waals surface area contributed by atoms with Crippen molar-refractivity contribution in [2.75, 3.05) is 0 Å². The molecule has 0 aliphatic rings. The van der Waals surface area contributed by atoms with Crippen molar-refractivity contribution >= 4 is 5.57 Å². The minimum Gasteiger partial charge on any atom is -0.360 e. The Morgan fingerprint density at radius 3 is 2.43 bits per heavy atom. The molecule has 23 heavy (non-hydrogen) atoms. The Balaban J connectivity index is 2.81. The summed E-state index contributed by atoms with van der Waals surface area (Å²) in [5.41, 5.74) is 5.64. The largest absolute Gasteiger partial charge is 0.360 e. The van der Waals surface area contributed by atoms with Crippen LogP contribution in [0.1, 0.15) is 45.2 Å². The third-order valence-electron chi connectivity index (χ3n) is 3.78. The number of allylic oxidation sites excluding steroid dienone is 4. The zero-order valence-corrected chi connectivity index (χ0v) is 14.8. The third-order valence-corrected chi connectivity index (χ3v) is 3.78. The molecule has 0 bridgehead atoms. The van der Waals surface area contributed by atoms with E-state index in [0.29, 0.717) is 5.92 Å². The molecule has 0 heterocycles. The molecule has 1 N–H and O–H groups in total. The quantitative estimate of drug-likeness (QED) is 0.458.